The second kappa shape index (κ2) is 25.3. The molecule has 33 heavy (non-hydrogen) atoms. The van der Waals surface area contributed by atoms with Gasteiger partial charge in [-0.1, -0.05) is 27.7 Å². The van der Waals surface area contributed by atoms with Crippen molar-refractivity contribution in [2.75, 3.05) is 51.1 Å². The summed E-state index contributed by atoms with van der Waals surface area (Å²) in [5.41, 5.74) is 0. The number of hydrogen-bond donors (Lipinski definition) is 4. The van der Waals surface area contributed by atoms with Crippen LogP contribution in [0.25, 0.3) is 0 Å². The predicted octanol–water partition coefficient (Wildman–Crippen LogP) is 4.91. The summed E-state index contributed by atoms with van der Waals surface area (Å²) in [6, 6.07) is 0. The van der Waals surface area contributed by atoms with Gasteiger partial charge in [0.25, 0.3) is 0 Å². The zero-order chi connectivity index (χ0) is 26.5. The summed E-state index contributed by atoms with van der Waals surface area (Å²) in [6.45, 7) is 14.5. The van der Waals surface area contributed by atoms with E-state index in [2.05, 4.69) is 18.1 Å². The molecule has 4 N–H and O–H groups in total. The molecule has 0 heterocycles. The van der Waals surface area contributed by atoms with Gasteiger partial charge in [0.05, 0.1) is 26.4 Å². The van der Waals surface area contributed by atoms with Crippen LogP contribution in [0.3, 0.4) is 0 Å². The minimum absolute atomic E-state index is 0. The minimum Gasteiger partial charge on any atom is -0.324 e. The van der Waals surface area contributed by atoms with Gasteiger partial charge >= 0.3 is 30.4 Å². The largest absolute Gasteiger partial charge is 0.327 e. The monoisotopic (exact) mass is 790 g/mol. The molecule has 0 amide bonds. The molecule has 0 aromatic carbocycles. The fourth-order valence-electron chi connectivity index (χ4n) is 1.17. The quantitative estimate of drug-likeness (QED) is 0.196. The van der Waals surface area contributed by atoms with Crippen molar-refractivity contribution in [1.29, 1.82) is 0 Å². The van der Waals surface area contributed by atoms with Crippen LogP contribution >= 0.6 is 30.4 Å². The van der Waals surface area contributed by atoms with Crippen LogP contribution in [0, 0.1) is 31.1 Å². The summed E-state index contributed by atoms with van der Waals surface area (Å²) in [5.74, 6) is 0. The van der Waals surface area contributed by atoms with Crippen molar-refractivity contribution < 1.29 is 87.0 Å². The van der Waals surface area contributed by atoms with Crippen molar-refractivity contribution in [3.8, 4) is 0 Å². The number of hydrogen-bond acceptors (Lipinski definition) is 8. The van der Waals surface area contributed by atoms with Crippen LogP contribution in [0.2, 0.25) is 0 Å². The maximum atomic E-state index is 10.5. The van der Waals surface area contributed by atoms with E-state index >= 15 is 0 Å². The summed E-state index contributed by atoms with van der Waals surface area (Å²) >= 11 is 0. The Morgan fingerprint density at radius 2 is 0.545 bits per heavy atom. The molecule has 0 radical (unpaired) electrons. The first-order chi connectivity index (χ1) is 14.5. The minimum atomic E-state index is -3.17. The molecule has 4 unspecified atom stereocenters. The summed E-state index contributed by atoms with van der Waals surface area (Å²) < 4.78 is 60.0. The molecule has 0 aliphatic heterocycles. The number of rotatable bonds is 12. The molecule has 0 spiro atoms. The fourth-order valence-corrected chi connectivity index (χ4v) is 3.52. The van der Waals surface area contributed by atoms with E-state index in [1.54, 1.807) is 55.4 Å². The molecule has 0 fully saturated rings. The Morgan fingerprint density at radius 1 is 0.424 bits per heavy atom. The molecule has 0 saturated carbocycles. The standard InChI is InChI=1S/4C4H11O3P.U/c4*1-3-7-8(5,6)4-2;/h4*3-4H2,1-2H3,(H,5,6);. The topological polar surface area (TPSA) is 186 Å². The van der Waals surface area contributed by atoms with Crippen molar-refractivity contribution >= 4 is 30.4 Å². The SMILES string of the molecule is CCOP(=O)(O)CC.CCOP(=O)(O)CC.CCOP(=O)(O)CC.CCOP(=O)(O)CC.[U]. The fraction of sp³-hybridized carbons (Fsp3) is 1.00. The van der Waals surface area contributed by atoms with Crippen molar-refractivity contribution in [3.05, 3.63) is 0 Å². The average Bonchev–Trinajstić information content (AvgIpc) is 2.69. The van der Waals surface area contributed by atoms with Gasteiger partial charge in [-0.3, -0.25) is 18.3 Å². The van der Waals surface area contributed by atoms with Crippen LogP contribution < -0.4 is 0 Å². The molecule has 0 aromatic heterocycles. The molecule has 0 bridgehead atoms. The zero-order valence-corrected chi connectivity index (χ0v) is 28.7. The van der Waals surface area contributed by atoms with Crippen LogP contribution in [0.15, 0.2) is 0 Å². The Balaban J connectivity index is -0.000000105. The molecule has 0 aromatic rings. The van der Waals surface area contributed by atoms with Gasteiger partial charge in [0.2, 0.25) is 0 Å². The Kier molecular flexibility index (Phi) is 34.2. The maximum absolute atomic E-state index is 10.5. The third-order valence-electron chi connectivity index (χ3n) is 2.92. The first-order valence-corrected chi connectivity index (χ1v) is 17.4. The van der Waals surface area contributed by atoms with Crippen LogP contribution in [-0.2, 0) is 36.4 Å². The Labute approximate surface area is 223 Å². The smallest absolute Gasteiger partial charge is 0.324 e. The van der Waals surface area contributed by atoms with E-state index in [1.807, 2.05) is 0 Å². The summed E-state index contributed by atoms with van der Waals surface area (Å²) in [7, 11) is -12.7. The molecule has 0 aliphatic rings. The van der Waals surface area contributed by atoms with Crippen LogP contribution in [0.1, 0.15) is 55.4 Å². The third-order valence-corrected chi connectivity index (χ3v) is 8.77. The second-order valence-corrected chi connectivity index (χ2v) is 14.1. The van der Waals surface area contributed by atoms with Gasteiger partial charge < -0.3 is 37.7 Å². The maximum Gasteiger partial charge on any atom is 0.327 e. The van der Waals surface area contributed by atoms with E-state index in [1.165, 1.54) is 0 Å². The average molecular weight is 790 g/mol. The molecule has 4 atom stereocenters. The Hall–Kier alpha value is 1.65. The normalized spacial score (nSPS) is 17.3. The van der Waals surface area contributed by atoms with E-state index in [9.17, 15) is 18.3 Å². The van der Waals surface area contributed by atoms with Gasteiger partial charge in [-0.15, -0.1) is 0 Å². The molecule has 0 aliphatic carbocycles. The van der Waals surface area contributed by atoms with E-state index in [-0.39, 0.29) is 55.8 Å². The Bertz CT molecular complexity index is 516. The predicted molar refractivity (Wildman–Crippen MR) is 128 cm³/mol. The molecule has 0 saturated heterocycles. The van der Waals surface area contributed by atoms with Gasteiger partial charge in [-0.25, -0.2) is 0 Å². The molecule has 12 nitrogen and oxygen atoms in total. The summed E-state index contributed by atoms with van der Waals surface area (Å²) in [6.07, 6.45) is 0.781. The molecular formula is C16H44O12P4U. The van der Waals surface area contributed by atoms with Crippen molar-refractivity contribution in [1.82, 2.24) is 0 Å². The molecular weight excluding hydrogens is 746 g/mol. The van der Waals surface area contributed by atoms with Crippen molar-refractivity contribution in [3.63, 3.8) is 0 Å². The van der Waals surface area contributed by atoms with E-state index < -0.39 is 30.4 Å². The van der Waals surface area contributed by atoms with E-state index in [0.717, 1.165) is 0 Å². The molecule has 17 heteroatoms. The van der Waals surface area contributed by atoms with E-state index in [0.29, 0.717) is 26.4 Å². The first kappa shape index (κ1) is 44.6. The Morgan fingerprint density at radius 3 is 0.576 bits per heavy atom. The van der Waals surface area contributed by atoms with Gasteiger partial charge in [0, 0.05) is 55.8 Å². The van der Waals surface area contributed by atoms with Gasteiger partial charge in [0.1, 0.15) is 0 Å². The van der Waals surface area contributed by atoms with Gasteiger partial charge in [-0.05, 0) is 27.7 Å². The van der Waals surface area contributed by atoms with Crippen LogP contribution in [0.5, 0.6) is 0 Å². The van der Waals surface area contributed by atoms with Crippen molar-refractivity contribution in [2.45, 2.75) is 55.4 Å². The van der Waals surface area contributed by atoms with Crippen LogP contribution in [0.4, 0.5) is 0 Å². The van der Waals surface area contributed by atoms with Gasteiger partial charge in [-0.2, -0.15) is 0 Å². The summed E-state index contributed by atoms with van der Waals surface area (Å²) in [5, 5.41) is 0. The molecule has 0 rings (SSSR count). The van der Waals surface area contributed by atoms with Crippen molar-refractivity contribution in [2.24, 2.45) is 0 Å². The zero-order valence-electron chi connectivity index (χ0n) is 21.0. The van der Waals surface area contributed by atoms with E-state index in [4.69, 9.17) is 19.6 Å². The third kappa shape index (κ3) is 38.3. The molecule has 204 valence electrons. The van der Waals surface area contributed by atoms with Crippen LogP contribution in [-0.4, -0.2) is 70.6 Å². The second-order valence-electron chi connectivity index (χ2n) is 5.49. The first-order valence-electron chi connectivity index (χ1n) is 10.3. The van der Waals surface area contributed by atoms with Gasteiger partial charge in [0.15, 0.2) is 0 Å². The summed E-state index contributed by atoms with van der Waals surface area (Å²) in [4.78, 5) is 34.6.